The molecule has 4 aliphatic heterocycles. The first-order valence-corrected chi connectivity index (χ1v) is 13.4. The lowest BCUT2D eigenvalue weighted by molar-refractivity contribution is -0.379. The molecule has 4 aliphatic rings. The van der Waals surface area contributed by atoms with Crippen molar-refractivity contribution in [2.24, 2.45) is 0 Å². The molecule has 0 unspecified atom stereocenters. The van der Waals surface area contributed by atoms with Crippen molar-refractivity contribution in [3.63, 3.8) is 0 Å². The van der Waals surface area contributed by atoms with E-state index in [-0.39, 0.29) is 6.54 Å². The molecular formula is C23H39F2NO16. The summed E-state index contributed by atoms with van der Waals surface area (Å²) in [5.41, 5.74) is 0. The summed E-state index contributed by atoms with van der Waals surface area (Å²) >= 11 is 0. The molecule has 18 atom stereocenters. The number of hydrogen-bond donors (Lipinski definition) is 11. The van der Waals surface area contributed by atoms with Crippen molar-refractivity contribution in [1.82, 2.24) is 5.32 Å². The highest BCUT2D eigenvalue weighted by Gasteiger charge is 2.54. The molecule has 0 spiro atoms. The van der Waals surface area contributed by atoms with Crippen molar-refractivity contribution < 1.29 is 88.3 Å². The molecule has 0 amide bonds. The average molecular weight is 624 g/mol. The molecule has 0 aromatic carbocycles. The average Bonchev–Trinajstić information content (AvgIpc) is 3.34. The van der Waals surface area contributed by atoms with Crippen molar-refractivity contribution in [3.8, 4) is 0 Å². The Morgan fingerprint density at radius 3 is 1.40 bits per heavy atom. The van der Waals surface area contributed by atoms with Crippen LogP contribution in [0.4, 0.5) is 8.78 Å². The van der Waals surface area contributed by atoms with Gasteiger partial charge in [0.2, 0.25) is 0 Å². The Bertz CT molecular complexity index is 848. The summed E-state index contributed by atoms with van der Waals surface area (Å²) < 4.78 is 60.4. The van der Waals surface area contributed by atoms with Crippen molar-refractivity contribution >= 4 is 0 Å². The van der Waals surface area contributed by atoms with E-state index >= 15 is 0 Å². The molecule has 4 rings (SSSR count). The van der Waals surface area contributed by atoms with E-state index in [1.165, 1.54) is 0 Å². The van der Waals surface area contributed by atoms with E-state index in [1.54, 1.807) is 0 Å². The Hall–Kier alpha value is -0.820. The Balaban J connectivity index is 1.42. The topological polar surface area (TPSA) is 270 Å². The van der Waals surface area contributed by atoms with Crippen LogP contribution in [-0.2, 0) is 28.4 Å². The van der Waals surface area contributed by atoms with Crippen molar-refractivity contribution in [2.75, 3.05) is 33.1 Å². The fourth-order valence-corrected chi connectivity index (χ4v) is 5.39. The highest BCUT2D eigenvalue weighted by atomic mass is 19.1. The number of halogens is 2. The zero-order valence-corrected chi connectivity index (χ0v) is 22.1. The summed E-state index contributed by atoms with van der Waals surface area (Å²) in [6.07, 6.45) is -29.3. The first-order chi connectivity index (χ1) is 20.0. The smallest absolute Gasteiger partial charge is 0.187 e. The first kappa shape index (κ1) is 34.1. The third-order valence-corrected chi connectivity index (χ3v) is 7.87. The molecule has 17 nitrogen and oxygen atoms in total. The predicted molar refractivity (Wildman–Crippen MR) is 127 cm³/mol. The summed E-state index contributed by atoms with van der Waals surface area (Å²) in [6, 6.07) is -0.742. The third-order valence-electron chi connectivity index (χ3n) is 7.87. The van der Waals surface area contributed by atoms with Crippen LogP contribution in [0.25, 0.3) is 0 Å². The van der Waals surface area contributed by atoms with Crippen LogP contribution >= 0.6 is 0 Å². The second-order valence-corrected chi connectivity index (χ2v) is 10.6. The number of alkyl halides is 2. The molecule has 0 aliphatic carbocycles. The van der Waals surface area contributed by atoms with Gasteiger partial charge in [-0.2, -0.15) is 0 Å². The summed E-state index contributed by atoms with van der Waals surface area (Å²) in [4.78, 5) is 0. The maximum absolute atomic E-state index is 14.0. The molecule has 4 heterocycles. The van der Waals surface area contributed by atoms with Gasteiger partial charge in [0.05, 0.1) is 25.4 Å². The molecule has 19 heteroatoms. The highest BCUT2D eigenvalue weighted by molar-refractivity contribution is 4.98. The zero-order chi connectivity index (χ0) is 30.9. The standard InChI is InChI=1S/C23H39F2NO16/c24-1-8-20(13(32)16(35)22(37-8)40-18-6(4-27)26-3-7(18)29)42-23-17(36)14(33)19(9(2-25)38-23)41-21-15(34)12(31)11(30)10(5-28)39-21/h6-23,26-36H,1-5H2/t6-,7-,8-,9-,10-,11-,12+,13-,14-,15-,16-,17-,18-,19-,20-,21+,22-,23+/m1/s1. The van der Waals surface area contributed by atoms with Gasteiger partial charge in [0.15, 0.2) is 18.9 Å². The normalized spacial score (nSPS) is 52.0. The minimum Gasteiger partial charge on any atom is -0.395 e. The van der Waals surface area contributed by atoms with E-state index < -0.39 is 137 Å². The Kier molecular flexibility index (Phi) is 11.8. The van der Waals surface area contributed by atoms with Gasteiger partial charge < -0.3 is 84.8 Å². The largest absolute Gasteiger partial charge is 0.395 e. The molecule has 42 heavy (non-hydrogen) atoms. The van der Waals surface area contributed by atoms with E-state index in [0.29, 0.717) is 0 Å². The number of aliphatic hydroxyl groups excluding tert-OH is 10. The molecule has 0 aromatic rings. The van der Waals surface area contributed by atoms with Gasteiger partial charge in [-0.25, -0.2) is 8.78 Å². The van der Waals surface area contributed by atoms with E-state index in [2.05, 4.69) is 5.32 Å². The third kappa shape index (κ3) is 6.72. The minimum atomic E-state index is -2.05. The van der Waals surface area contributed by atoms with Crippen LogP contribution in [0.3, 0.4) is 0 Å². The fraction of sp³-hybridized carbons (Fsp3) is 1.00. The summed E-state index contributed by atoms with van der Waals surface area (Å²) in [5.74, 6) is 0. The van der Waals surface area contributed by atoms with Crippen LogP contribution in [0.2, 0.25) is 0 Å². The molecule has 11 N–H and O–H groups in total. The second-order valence-electron chi connectivity index (χ2n) is 10.6. The van der Waals surface area contributed by atoms with Gasteiger partial charge in [-0.15, -0.1) is 0 Å². The maximum atomic E-state index is 14.0. The Morgan fingerprint density at radius 1 is 0.548 bits per heavy atom. The molecular weight excluding hydrogens is 584 g/mol. The van der Waals surface area contributed by atoms with Gasteiger partial charge in [0.25, 0.3) is 0 Å². The van der Waals surface area contributed by atoms with Gasteiger partial charge in [0.1, 0.15) is 92.7 Å². The van der Waals surface area contributed by atoms with Gasteiger partial charge >= 0.3 is 0 Å². The molecule has 4 fully saturated rings. The van der Waals surface area contributed by atoms with Crippen LogP contribution in [-0.4, -0.2) is 195 Å². The molecule has 246 valence electrons. The Labute approximate surface area is 237 Å². The quantitative estimate of drug-likeness (QED) is 0.108. The SMILES string of the molecule is OC[C@H]1NC[C@@H](O)[C@@H]1O[C@H]1O[C@H](CF)[C@@H](O[C@@H]2O[C@H](CF)[C@@H](O[C@@H]3O[C@H](CO)[C@@H](O)[C@H](O)[C@H]3O)[C@H](O)[C@H]2O)[C@H](O)[C@H]1O. The number of β-amino-alcohol motifs (C(OH)–C–C–N with tert-alkyl or cyclic N) is 1. The van der Waals surface area contributed by atoms with Crippen molar-refractivity contribution in [1.29, 1.82) is 0 Å². The number of ether oxygens (including phenoxy) is 6. The van der Waals surface area contributed by atoms with Crippen LogP contribution in [0, 0.1) is 0 Å². The van der Waals surface area contributed by atoms with Gasteiger partial charge in [-0.05, 0) is 0 Å². The summed E-state index contributed by atoms with van der Waals surface area (Å²) in [6.45, 7) is -3.87. The van der Waals surface area contributed by atoms with E-state index in [4.69, 9.17) is 28.4 Å². The van der Waals surface area contributed by atoms with E-state index in [0.717, 1.165) is 0 Å². The molecule has 4 saturated heterocycles. The minimum absolute atomic E-state index is 0.0512. The first-order valence-electron chi connectivity index (χ1n) is 13.4. The van der Waals surface area contributed by atoms with E-state index in [1.807, 2.05) is 0 Å². The van der Waals surface area contributed by atoms with Crippen molar-refractivity contribution in [2.45, 2.75) is 110 Å². The van der Waals surface area contributed by atoms with Gasteiger partial charge in [0, 0.05) is 6.54 Å². The van der Waals surface area contributed by atoms with Crippen LogP contribution < -0.4 is 5.32 Å². The van der Waals surface area contributed by atoms with Gasteiger partial charge in [-0.3, -0.25) is 0 Å². The van der Waals surface area contributed by atoms with Crippen LogP contribution in [0.1, 0.15) is 0 Å². The molecule has 0 bridgehead atoms. The fourth-order valence-electron chi connectivity index (χ4n) is 5.39. The summed E-state index contributed by atoms with van der Waals surface area (Å²) in [7, 11) is 0. The van der Waals surface area contributed by atoms with Crippen LogP contribution in [0.5, 0.6) is 0 Å². The van der Waals surface area contributed by atoms with Crippen molar-refractivity contribution in [3.05, 3.63) is 0 Å². The number of aliphatic hydroxyl groups is 10. The lowest BCUT2D eigenvalue weighted by atomic mass is 9.96. The maximum Gasteiger partial charge on any atom is 0.187 e. The lowest BCUT2D eigenvalue weighted by Gasteiger charge is -2.48. The van der Waals surface area contributed by atoms with Gasteiger partial charge in [-0.1, -0.05) is 0 Å². The van der Waals surface area contributed by atoms with E-state index in [9.17, 15) is 59.8 Å². The molecule has 0 aromatic heterocycles. The monoisotopic (exact) mass is 623 g/mol. The molecule has 0 radical (unpaired) electrons. The second kappa shape index (κ2) is 14.5. The lowest BCUT2D eigenvalue weighted by Crippen LogP contribution is -2.66. The van der Waals surface area contributed by atoms with Crippen LogP contribution in [0.15, 0.2) is 0 Å². The summed E-state index contributed by atoms with van der Waals surface area (Å²) in [5, 5.41) is 105. The Morgan fingerprint density at radius 2 is 0.976 bits per heavy atom. The number of nitrogens with one attached hydrogen (secondary N) is 1. The highest BCUT2D eigenvalue weighted by Crippen LogP contribution is 2.33. The predicted octanol–water partition coefficient (Wildman–Crippen LogP) is -6.90. The number of rotatable bonds is 10. The molecule has 0 saturated carbocycles. The zero-order valence-electron chi connectivity index (χ0n) is 22.1. The number of hydrogen-bond acceptors (Lipinski definition) is 17.